The highest BCUT2D eigenvalue weighted by Crippen LogP contribution is 2.30. The van der Waals surface area contributed by atoms with E-state index >= 15 is 0 Å². The summed E-state index contributed by atoms with van der Waals surface area (Å²) in [4.78, 5) is 16.3. The van der Waals surface area contributed by atoms with Gasteiger partial charge in [-0.15, -0.1) is 0 Å². The average Bonchev–Trinajstić information content (AvgIpc) is 3.08. The van der Waals surface area contributed by atoms with Crippen LogP contribution in [0, 0.1) is 0 Å². The van der Waals surface area contributed by atoms with Gasteiger partial charge in [0.15, 0.2) is 11.7 Å². The van der Waals surface area contributed by atoms with Crippen LogP contribution < -0.4 is 5.32 Å². The molecule has 0 saturated carbocycles. The highest BCUT2D eigenvalue weighted by atomic mass is 35.5. The molecule has 152 valence electrons. The molecule has 1 aliphatic rings. The number of carbonyl (C=O) groups excluding carboxylic acids is 1. The summed E-state index contributed by atoms with van der Waals surface area (Å²) in [5.41, 5.74) is 0.656. The van der Waals surface area contributed by atoms with Gasteiger partial charge in [0.25, 0.3) is 0 Å². The topological polar surface area (TPSA) is 92.5 Å². The van der Waals surface area contributed by atoms with Gasteiger partial charge in [-0.1, -0.05) is 27.1 Å². The van der Waals surface area contributed by atoms with E-state index in [4.69, 9.17) is 27.6 Å². The van der Waals surface area contributed by atoms with Crippen molar-refractivity contribution in [2.24, 2.45) is 0 Å². The number of piperidine rings is 1. The summed E-state index contributed by atoms with van der Waals surface area (Å²) < 4.78 is 41.1. The summed E-state index contributed by atoms with van der Waals surface area (Å²) in [6.07, 6.45) is 2.74. The second kappa shape index (κ2) is 8.77. The molecule has 1 fully saturated rings. The Kier molecular flexibility index (Phi) is 6.59. The first-order valence-electron chi connectivity index (χ1n) is 8.61. The second-order valence-corrected chi connectivity index (χ2v) is 8.61. The lowest BCUT2D eigenvalue weighted by Gasteiger charge is -2.29. The molecule has 28 heavy (non-hydrogen) atoms. The molecule has 1 saturated heterocycles. The lowest BCUT2D eigenvalue weighted by molar-refractivity contribution is -0.122. The molecule has 1 aromatic carbocycles. The highest BCUT2D eigenvalue weighted by Gasteiger charge is 2.28. The molecule has 2 aromatic rings. The summed E-state index contributed by atoms with van der Waals surface area (Å²) in [7, 11) is -4.67. The van der Waals surface area contributed by atoms with Gasteiger partial charge in [0.1, 0.15) is 0 Å². The van der Waals surface area contributed by atoms with Crippen LogP contribution >= 0.6 is 23.2 Å². The zero-order valence-corrected chi connectivity index (χ0v) is 17.0. The first-order valence-corrected chi connectivity index (χ1v) is 10.7. The molecule has 0 unspecified atom stereocenters. The van der Waals surface area contributed by atoms with Crippen molar-refractivity contribution in [3.05, 3.63) is 40.3 Å². The number of nitrogens with one attached hydrogen (secondary N) is 1. The van der Waals surface area contributed by atoms with Crippen molar-refractivity contribution in [2.45, 2.75) is 31.7 Å². The predicted octanol–water partition coefficient (Wildman–Crippen LogP) is 3.38. The highest BCUT2D eigenvalue weighted by molar-refractivity contribution is 7.83. The zero-order valence-electron chi connectivity index (χ0n) is 14.7. The van der Waals surface area contributed by atoms with E-state index in [1.54, 1.807) is 18.2 Å². The average molecular weight is 450 g/mol. The molecule has 0 spiro atoms. The van der Waals surface area contributed by atoms with Crippen molar-refractivity contribution >= 4 is 39.5 Å². The number of aryl methyl sites for hydroxylation is 1. The fraction of sp³-hybridized carbons (Fsp3) is 0.412. The Bertz CT molecular complexity index is 959. The Morgan fingerprint density at radius 1 is 1.32 bits per heavy atom. The maximum absolute atomic E-state index is 12.9. The molecule has 0 atom stereocenters. The van der Waals surface area contributed by atoms with Gasteiger partial charge in [0.05, 0.1) is 11.2 Å². The molecule has 3 rings (SSSR count). The van der Waals surface area contributed by atoms with Crippen molar-refractivity contribution in [3.63, 3.8) is 0 Å². The predicted molar refractivity (Wildman–Crippen MR) is 103 cm³/mol. The van der Waals surface area contributed by atoms with E-state index < -0.39 is 10.4 Å². The van der Waals surface area contributed by atoms with Crippen LogP contribution in [0.4, 0.5) is 3.89 Å². The van der Waals surface area contributed by atoms with Crippen LogP contribution in [-0.4, -0.2) is 42.7 Å². The van der Waals surface area contributed by atoms with E-state index in [0.29, 0.717) is 46.5 Å². The lowest BCUT2D eigenvalue weighted by Crippen LogP contribution is -2.45. The largest absolute Gasteiger partial charge is 0.441 e. The number of hydrogen-bond donors (Lipinski definition) is 1. The molecule has 0 radical (unpaired) electrons. The van der Waals surface area contributed by atoms with Crippen LogP contribution in [0.3, 0.4) is 0 Å². The van der Waals surface area contributed by atoms with Gasteiger partial charge >= 0.3 is 10.4 Å². The third-order valence-corrected chi connectivity index (χ3v) is 5.97. The lowest BCUT2D eigenvalue weighted by atomic mass is 10.1. The van der Waals surface area contributed by atoms with Crippen LogP contribution in [0.5, 0.6) is 0 Å². The summed E-state index contributed by atoms with van der Waals surface area (Å²) in [6, 6.07) is 4.84. The maximum Gasteiger partial charge on any atom is 0.374 e. The third kappa shape index (κ3) is 5.44. The van der Waals surface area contributed by atoms with Crippen LogP contribution in [0.15, 0.2) is 28.8 Å². The molecule has 1 N–H and O–H groups in total. The number of nitrogens with zero attached hydrogens (tertiary/aromatic N) is 2. The number of hydrogen-bond acceptors (Lipinski definition) is 5. The van der Waals surface area contributed by atoms with Crippen LogP contribution in [-0.2, 0) is 21.6 Å². The van der Waals surface area contributed by atoms with Gasteiger partial charge in [-0.05, 0) is 31.0 Å². The van der Waals surface area contributed by atoms with E-state index in [9.17, 15) is 17.1 Å². The summed E-state index contributed by atoms with van der Waals surface area (Å²) in [6.45, 7) is 0.101. The van der Waals surface area contributed by atoms with Gasteiger partial charge in [-0.2, -0.15) is 12.7 Å². The van der Waals surface area contributed by atoms with Gasteiger partial charge in [-0.3, -0.25) is 4.79 Å². The van der Waals surface area contributed by atoms with Crippen molar-refractivity contribution in [1.29, 1.82) is 0 Å². The second-order valence-electron chi connectivity index (χ2n) is 6.43. The van der Waals surface area contributed by atoms with E-state index in [2.05, 4.69) is 10.3 Å². The molecular weight excluding hydrogens is 432 g/mol. The fourth-order valence-electron chi connectivity index (χ4n) is 2.98. The van der Waals surface area contributed by atoms with Gasteiger partial charge in [0, 0.05) is 42.6 Å². The number of aromatic nitrogens is 1. The number of oxazole rings is 1. The van der Waals surface area contributed by atoms with Crippen LogP contribution in [0.1, 0.15) is 25.2 Å². The molecule has 7 nitrogen and oxygen atoms in total. The Morgan fingerprint density at radius 3 is 2.68 bits per heavy atom. The van der Waals surface area contributed by atoms with Crippen molar-refractivity contribution in [3.8, 4) is 11.3 Å². The fourth-order valence-corrected chi connectivity index (χ4v) is 4.13. The number of rotatable bonds is 6. The van der Waals surface area contributed by atoms with E-state index in [1.807, 2.05) is 0 Å². The van der Waals surface area contributed by atoms with E-state index in [1.165, 1.54) is 6.20 Å². The van der Waals surface area contributed by atoms with Crippen molar-refractivity contribution in [2.75, 3.05) is 13.1 Å². The molecule has 1 aromatic heterocycles. The van der Waals surface area contributed by atoms with Gasteiger partial charge < -0.3 is 9.73 Å². The molecule has 0 aliphatic carbocycles. The standard InChI is InChI=1S/C17H18Cl2FN3O4S/c18-11-1-2-13(14(19)9-11)15-10-21-17(27-15)4-3-16(24)22-12-5-7-23(8-6-12)28(20,25)26/h1-2,9-10,12H,3-8H2,(H,22,24). The smallest absolute Gasteiger partial charge is 0.374 e. The quantitative estimate of drug-likeness (QED) is 0.682. The minimum absolute atomic E-state index is 0.0503. The Morgan fingerprint density at radius 2 is 2.04 bits per heavy atom. The number of halogens is 3. The van der Waals surface area contributed by atoms with Crippen LogP contribution in [0.25, 0.3) is 11.3 Å². The molecule has 2 heterocycles. The Balaban J connectivity index is 1.49. The number of carbonyl (C=O) groups is 1. The molecule has 11 heteroatoms. The maximum atomic E-state index is 12.9. The first kappa shape index (κ1) is 21.0. The van der Waals surface area contributed by atoms with Gasteiger partial charge in [0.2, 0.25) is 5.91 Å². The van der Waals surface area contributed by atoms with E-state index in [-0.39, 0.29) is 31.5 Å². The molecule has 1 aliphatic heterocycles. The SMILES string of the molecule is O=C(CCc1ncc(-c2ccc(Cl)cc2Cl)o1)NC1CCN(S(=O)(=O)F)CC1. The van der Waals surface area contributed by atoms with E-state index in [0.717, 1.165) is 4.31 Å². The first-order chi connectivity index (χ1) is 13.2. The Labute approximate surface area is 172 Å². The third-order valence-electron chi connectivity index (χ3n) is 4.44. The monoisotopic (exact) mass is 449 g/mol. The normalized spacial score (nSPS) is 16.2. The minimum atomic E-state index is -4.67. The molecule has 1 amide bonds. The molecule has 0 bridgehead atoms. The van der Waals surface area contributed by atoms with Crippen LogP contribution in [0.2, 0.25) is 10.0 Å². The summed E-state index contributed by atoms with van der Waals surface area (Å²) in [5.74, 6) is 0.678. The Hall–Kier alpha value is -1.68. The molecular formula is C17H18Cl2FN3O4S. The zero-order chi connectivity index (χ0) is 20.3. The number of amides is 1. The number of benzene rings is 1. The van der Waals surface area contributed by atoms with Crippen molar-refractivity contribution in [1.82, 2.24) is 14.6 Å². The summed E-state index contributed by atoms with van der Waals surface area (Å²) in [5, 5.41) is 3.78. The van der Waals surface area contributed by atoms with Gasteiger partial charge in [-0.25, -0.2) is 4.98 Å². The minimum Gasteiger partial charge on any atom is -0.441 e. The summed E-state index contributed by atoms with van der Waals surface area (Å²) >= 11 is 12.0. The van der Waals surface area contributed by atoms with Crippen molar-refractivity contribution < 1.29 is 21.5 Å².